The van der Waals surface area contributed by atoms with E-state index in [0.717, 1.165) is 13.1 Å². The summed E-state index contributed by atoms with van der Waals surface area (Å²) in [6.45, 7) is 24.5. The lowest BCUT2D eigenvalue weighted by atomic mass is 9.68. The molecule has 1 aliphatic rings. The van der Waals surface area contributed by atoms with Gasteiger partial charge in [-0.1, -0.05) is 88.0 Å². The Kier molecular flexibility index (Phi) is 12.8. The Morgan fingerprint density at radius 3 is 1.74 bits per heavy atom. The first-order valence-corrected chi connectivity index (χ1v) is 10.3. The summed E-state index contributed by atoms with van der Waals surface area (Å²) in [6.07, 6.45) is 2.38. The maximum absolute atomic E-state index is 3.47. The molecule has 1 fully saturated rings. The van der Waals surface area contributed by atoms with Crippen LogP contribution in [0.1, 0.15) is 82.1 Å². The standard InChI is InChI=1S/C14H33N3P2.2C2H6/c1-12(2)7-11(15-16-18)14(5,6)8-13(3,4)10-17(19)9-12;2*1-2/h11,15-16H,7-10,18-19H2,1-6H3;2*1-2H3. The second kappa shape index (κ2) is 11.4. The van der Waals surface area contributed by atoms with E-state index in [1.165, 1.54) is 12.8 Å². The third-order valence-electron chi connectivity index (χ3n) is 4.15. The van der Waals surface area contributed by atoms with Gasteiger partial charge in [-0.3, -0.25) is 10.1 Å². The summed E-state index contributed by atoms with van der Waals surface area (Å²) in [5, 5.41) is 3.09. The van der Waals surface area contributed by atoms with Crippen LogP contribution in [0.5, 0.6) is 0 Å². The third-order valence-corrected chi connectivity index (χ3v) is 4.69. The maximum atomic E-state index is 3.47. The Hall–Kier alpha value is 0.740. The smallest absolute Gasteiger partial charge is 0.0272 e. The monoisotopic (exact) mass is 365 g/mol. The quantitative estimate of drug-likeness (QED) is 0.516. The average Bonchev–Trinajstić information content (AvgIpc) is 2.40. The van der Waals surface area contributed by atoms with E-state index in [9.17, 15) is 0 Å². The van der Waals surface area contributed by atoms with E-state index in [2.05, 4.69) is 75.6 Å². The molecule has 0 aromatic heterocycles. The molecule has 0 aliphatic carbocycles. The summed E-state index contributed by atoms with van der Waals surface area (Å²) in [5.74, 6) is 0. The van der Waals surface area contributed by atoms with Gasteiger partial charge in [0.05, 0.1) is 0 Å². The predicted octanol–water partition coefficient (Wildman–Crippen LogP) is 5.26. The first kappa shape index (κ1) is 26.0. The summed E-state index contributed by atoms with van der Waals surface area (Å²) in [5.41, 5.74) is 4.36. The first-order chi connectivity index (χ1) is 10.5. The third kappa shape index (κ3) is 10.4. The van der Waals surface area contributed by atoms with Crippen molar-refractivity contribution < 1.29 is 0 Å². The van der Waals surface area contributed by atoms with Gasteiger partial charge in [0.1, 0.15) is 0 Å². The lowest BCUT2D eigenvalue weighted by Gasteiger charge is -2.41. The summed E-state index contributed by atoms with van der Waals surface area (Å²) < 4.78 is 2.42. The van der Waals surface area contributed by atoms with Crippen LogP contribution in [0.4, 0.5) is 0 Å². The van der Waals surface area contributed by atoms with Crippen molar-refractivity contribution >= 4 is 18.8 Å². The van der Waals surface area contributed by atoms with E-state index in [-0.39, 0.29) is 5.41 Å². The molecule has 3 nitrogen and oxygen atoms in total. The molecule has 0 amide bonds. The average molecular weight is 366 g/mol. The second-order valence-corrected chi connectivity index (χ2v) is 9.46. The normalized spacial score (nSPS) is 26.3. The fourth-order valence-electron chi connectivity index (χ4n) is 3.81. The minimum atomic E-state index is 0.264. The minimum Gasteiger partial charge on any atom is -0.286 e. The molecule has 1 saturated heterocycles. The van der Waals surface area contributed by atoms with Crippen molar-refractivity contribution in [2.75, 3.05) is 13.1 Å². The van der Waals surface area contributed by atoms with E-state index in [0.29, 0.717) is 16.9 Å². The molecular formula is C18H45N3P2. The van der Waals surface area contributed by atoms with Crippen LogP contribution >= 0.6 is 18.8 Å². The predicted molar refractivity (Wildman–Crippen MR) is 114 cm³/mol. The van der Waals surface area contributed by atoms with Crippen LogP contribution in [0, 0.1) is 16.2 Å². The lowest BCUT2D eigenvalue weighted by molar-refractivity contribution is 0.122. The Labute approximate surface area is 152 Å². The maximum Gasteiger partial charge on any atom is 0.0272 e. The molecule has 23 heavy (non-hydrogen) atoms. The molecule has 0 bridgehead atoms. The Morgan fingerprint density at radius 2 is 1.30 bits per heavy atom. The van der Waals surface area contributed by atoms with Crippen molar-refractivity contribution in [2.24, 2.45) is 16.2 Å². The van der Waals surface area contributed by atoms with Crippen LogP contribution in [0.15, 0.2) is 0 Å². The van der Waals surface area contributed by atoms with Gasteiger partial charge in [0, 0.05) is 19.1 Å². The molecule has 0 spiro atoms. The molecule has 0 saturated carbocycles. The largest absolute Gasteiger partial charge is 0.286 e. The molecule has 3 unspecified atom stereocenters. The number of hydrogen-bond donors (Lipinski definition) is 2. The van der Waals surface area contributed by atoms with E-state index < -0.39 is 0 Å². The van der Waals surface area contributed by atoms with Gasteiger partial charge in [-0.05, 0) is 29.1 Å². The number of nitrogens with one attached hydrogen (secondary N) is 2. The molecule has 0 aromatic carbocycles. The fourth-order valence-corrected chi connectivity index (χ4v) is 5.00. The van der Waals surface area contributed by atoms with Crippen molar-refractivity contribution in [2.45, 2.75) is 88.1 Å². The van der Waals surface area contributed by atoms with E-state index in [1.807, 2.05) is 27.7 Å². The zero-order chi connectivity index (χ0) is 18.9. The van der Waals surface area contributed by atoms with Gasteiger partial charge in [0.2, 0.25) is 0 Å². The van der Waals surface area contributed by atoms with Gasteiger partial charge in [-0.15, -0.1) is 0 Å². The molecule has 1 aliphatic heterocycles. The Bertz CT molecular complexity index is 305. The summed E-state index contributed by atoms with van der Waals surface area (Å²) in [6, 6.07) is 0.468. The summed E-state index contributed by atoms with van der Waals surface area (Å²) in [4.78, 5) is 0. The summed E-state index contributed by atoms with van der Waals surface area (Å²) >= 11 is 0. The van der Waals surface area contributed by atoms with Crippen LogP contribution in [0.2, 0.25) is 0 Å². The van der Waals surface area contributed by atoms with Crippen LogP contribution < -0.4 is 10.6 Å². The fraction of sp³-hybridized carbons (Fsp3) is 1.00. The number of hydrogen-bond acceptors (Lipinski definition) is 3. The van der Waals surface area contributed by atoms with E-state index >= 15 is 0 Å². The SMILES string of the molecule is CC.CC.CC1(C)CC(NNP)C(C)(C)CC(C)(C)CN(P)C1. The van der Waals surface area contributed by atoms with Gasteiger partial charge in [-0.2, -0.15) is 0 Å². The molecule has 3 atom stereocenters. The molecule has 5 heteroatoms. The Morgan fingerprint density at radius 1 is 0.870 bits per heavy atom. The van der Waals surface area contributed by atoms with Crippen LogP contribution in [0.25, 0.3) is 0 Å². The van der Waals surface area contributed by atoms with Gasteiger partial charge in [0.15, 0.2) is 0 Å². The van der Waals surface area contributed by atoms with Crippen LogP contribution in [0.3, 0.4) is 0 Å². The zero-order valence-corrected chi connectivity index (χ0v) is 19.8. The highest BCUT2D eigenvalue weighted by Crippen LogP contribution is 2.43. The van der Waals surface area contributed by atoms with Gasteiger partial charge in [-0.25, -0.2) is 5.20 Å². The van der Waals surface area contributed by atoms with E-state index in [1.54, 1.807) is 0 Å². The van der Waals surface area contributed by atoms with Crippen molar-refractivity contribution in [3.63, 3.8) is 0 Å². The highest BCUT2D eigenvalue weighted by atomic mass is 31.0. The van der Waals surface area contributed by atoms with Gasteiger partial charge < -0.3 is 0 Å². The highest BCUT2D eigenvalue weighted by Gasteiger charge is 2.40. The van der Waals surface area contributed by atoms with Crippen molar-refractivity contribution in [1.29, 1.82) is 0 Å². The van der Waals surface area contributed by atoms with Crippen LogP contribution in [-0.2, 0) is 0 Å². The highest BCUT2D eigenvalue weighted by molar-refractivity contribution is 7.13. The lowest BCUT2D eigenvalue weighted by Crippen LogP contribution is -2.49. The summed E-state index contributed by atoms with van der Waals surface area (Å²) in [7, 11) is 5.49. The molecular weight excluding hydrogens is 320 g/mol. The molecule has 142 valence electrons. The van der Waals surface area contributed by atoms with Crippen LogP contribution in [-0.4, -0.2) is 23.8 Å². The second-order valence-electron chi connectivity index (χ2n) is 8.44. The molecule has 2 N–H and O–H groups in total. The molecule has 0 aromatic rings. The topological polar surface area (TPSA) is 27.3 Å². The number of rotatable bonds is 2. The molecule has 0 radical (unpaired) electrons. The molecule has 1 rings (SSSR count). The minimum absolute atomic E-state index is 0.264. The number of hydrazine groups is 1. The van der Waals surface area contributed by atoms with Crippen molar-refractivity contribution in [3.8, 4) is 0 Å². The number of nitrogens with zero attached hydrogens (tertiary/aromatic N) is 1. The first-order valence-electron chi connectivity index (χ1n) is 9.18. The van der Waals surface area contributed by atoms with Crippen molar-refractivity contribution in [3.05, 3.63) is 0 Å². The Balaban J connectivity index is 0. The van der Waals surface area contributed by atoms with E-state index in [4.69, 9.17) is 0 Å². The van der Waals surface area contributed by atoms with Crippen molar-refractivity contribution in [1.82, 2.24) is 15.3 Å². The zero-order valence-electron chi connectivity index (χ0n) is 17.5. The van der Waals surface area contributed by atoms with Gasteiger partial charge >= 0.3 is 0 Å². The van der Waals surface area contributed by atoms with Gasteiger partial charge in [0.25, 0.3) is 0 Å². The molecule has 1 heterocycles.